The van der Waals surface area contributed by atoms with Crippen LogP contribution in [0.5, 0.6) is 5.75 Å². The van der Waals surface area contributed by atoms with Crippen molar-refractivity contribution in [2.75, 3.05) is 6.54 Å². The first-order chi connectivity index (χ1) is 9.28. The summed E-state index contributed by atoms with van der Waals surface area (Å²) >= 11 is 5.89. The highest BCUT2D eigenvalue weighted by atomic mass is 35.5. The molecule has 0 aliphatic heterocycles. The lowest BCUT2D eigenvalue weighted by Gasteiger charge is -2.06. The molecule has 0 amide bonds. The van der Waals surface area contributed by atoms with Gasteiger partial charge >= 0.3 is 0 Å². The van der Waals surface area contributed by atoms with Crippen LogP contribution in [0, 0.1) is 11.8 Å². The number of rotatable bonds is 3. The third-order valence-electron chi connectivity index (χ3n) is 2.49. The van der Waals surface area contributed by atoms with Crippen LogP contribution in [0.25, 0.3) is 0 Å². The van der Waals surface area contributed by atoms with Crippen molar-refractivity contribution < 1.29 is 4.74 Å². The monoisotopic (exact) mass is 271 g/mol. The van der Waals surface area contributed by atoms with Gasteiger partial charge in [-0.3, -0.25) is 0 Å². The number of ether oxygens (including phenoxy) is 1. The predicted molar refractivity (Wildman–Crippen MR) is 78.2 cm³/mol. The summed E-state index contributed by atoms with van der Waals surface area (Å²) in [6.45, 7) is 0.880. The van der Waals surface area contributed by atoms with E-state index in [2.05, 4.69) is 11.8 Å². The van der Waals surface area contributed by atoms with Gasteiger partial charge in [0.25, 0.3) is 0 Å². The van der Waals surface area contributed by atoms with Gasteiger partial charge in [-0.15, -0.1) is 0 Å². The fourth-order valence-electron chi connectivity index (χ4n) is 1.56. The summed E-state index contributed by atoms with van der Waals surface area (Å²) in [5, 5.41) is 0.671. The topological polar surface area (TPSA) is 35.2 Å². The number of nitrogens with two attached hydrogens (primary N) is 1. The minimum atomic E-state index is 0.375. The van der Waals surface area contributed by atoms with E-state index in [1.165, 1.54) is 0 Å². The molecule has 2 aromatic carbocycles. The molecule has 2 aromatic rings. The van der Waals surface area contributed by atoms with Crippen molar-refractivity contribution in [3.8, 4) is 17.6 Å². The van der Waals surface area contributed by atoms with E-state index in [-0.39, 0.29) is 0 Å². The first kappa shape index (κ1) is 13.5. The number of hydrogen-bond acceptors (Lipinski definition) is 2. The fraction of sp³-hybridized carbons (Fsp3) is 0.125. The Hall–Kier alpha value is -1.95. The Morgan fingerprint density at radius 2 is 1.89 bits per heavy atom. The van der Waals surface area contributed by atoms with Crippen molar-refractivity contribution >= 4 is 11.6 Å². The van der Waals surface area contributed by atoms with Crippen molar-refractivity contribution in [1.29, 1.82) is 0 Å². The second kappa shape index (κ2) is 6.84. The molecule has 0 saturated heterocycles. The Kier molecular flexibility index (Phi) is 4.85. The molecule has 0 aliphatic carbocycles. The minimum Gasteiger partial charge on any atom is -0.489 e. The van der Waals surface area contributed by atoms with Crippen LogP contribution in [-0.4, -0.2) is 6.54 Å². The van der Waals surface area contributed by atoms with Gasteiger partial charge in [-0.05, 0) is 35.9 Å². The zero-order valence-corrected chi connectivity index (χ0v) is 11.2. The lowest BCUT2D eigenvalue weighted by atomic mass is 10.1. The van der Waals surface area contributed by atoms with E-state index in [4.69, 9.17) is 22.1 Å². The molecule has 2 N–H and O–H groups in total. The zero-order chi connectivity index (χ0) is 13.5. The lowest BCUT2D eigenvalue weighted by Crippen LogP contribution is -1.95. The molecule has 0 bridgehead atoms. The normalized spacial score (nSPS) is 9.58. The first-order valence-corrected chi connectivity index (χ1v) is 6.32. The van der Waals surface area contributed by atoms with Gasteiger partial charge in [0.15, 0.2) is 0 Å². The molecule has 96 valence electrons. The van der Waals surface area contributed by atoms with Crippen molar-refractivity contribution in [2.24, 2.45) is 5.73 Å². The maximum atomic E-state index is 5.89. The second-order valence-electron chi connectivity index (χ2n) is 3.95. The number of benzene rings is 2. The van der Waals surface area contributed by atoms with E-state index in [1.807, 2.05) is 42.5 Å². The van der Waals surface area contributed by atoms with Gasteiger partial charge in [-0.2, -0.15) is 0 Å². The molecule has 2 rings (SSSR count). The molecule has 0 saturated carbocycles. The van der Waals surface area contributed by atoms with Gasteiger partial charge in [-0.25, -0.2) is 0 Å². The van der Waals surface area contributed by atoms with Gasteiger partial charge in [0.2, 0.25) is 0 Å². The minimum absolute atomic E-state index is 0.375. The summed E-state index contributed by atoms with van der Waals surface area (Å²) < 4.78 is 5.65. The highest BCUT2D eigenvalue weighted by molar-refractivity contribution is 6.30. The van der Waals surface area contributed by atoms with E-state index in [1.54, 1.807) is 6.07 Å². The van der Waals surface area contributed by atoms with Crippen LogP contribution in [0.3, 0.4) is 0 Å². The number of hydrogen-bond donors (Lipinski definition) is 1. The molecule has 0 aliphatic rings. The summed E-state index contributed by atoms with van der Waals surface area (Å²) in [7, 11) is 0. The zero-order valence-electron chi connectivity index (χ0n) is 10.4. The van der Waals surface area contributed by atoms with Gasteiger partial charge in [0.05, 0.1) is 6.54 Å². The molecular formula is C16H14ClNO. The highest BCUT2D eigenvalue weighted by Crippen LogP contribution is 2.18. The van der Waals surface area contributed by atoms with Crippen molar-refractivity contribution in [3.05, 3.63) is 64.7 Å². The van der Waals surface area contributed by atoms with E-state index in [9.17, 15) is 0 Å². The Labute approximate surface area is 118 Å². The Morgan fingerprint density at radius 1 is 1.11 bits per heavy atom. The van der Waals surface area contributed by atoms with Crippen molar-refractivity contribution in [2.45, 2.75) is 6.61 Å². The van der Waals surface area contributed by atoms with Crippen LogP contribution in [-0.2, 0) is 6.61 Å². The average molecular weight is 272 g/mol. The molecule has 19 heavy (non-hydrogen) atoms. The third-order valence-corrected chi connectivity index (χ3v) is 2.73. The van der Waals surface area contributed by atoms with E-state index >= 15 is 0 Å². The molecule has 0 atom stereocenters. The second-order valence-corrected chi connectivity index (χ2v) is 4.39. The maximum Gasteiger partial charge on any atom is 0.121 e. The molecule has 2 nitrogen and oxygen atoms in total. The van der Waals surface area contributed by atoms with Crippen LogP contribution < -0.4 is 10.5 Å². The summed E-state index contributed by atoms with van der Waals surface area (Å²) in [4.78, 5) is 0. The molecule has 3 heteroatoms. The van der Waals surface area contributed by atoms with Crippen LogP contribution >= 0.6 is 11.6 Å². The molecule has 0 fully saturated rings. The molecule has 0 aromatic heterocycles. The lowest BCUT2D eigenvalue weighted by molar-refractivity contribution is 0.306. The highest BCUT2D eigenvalue weighted by Gasteiger charge is 1.97. The maximum absolute atomic E-state index is 5.89. The van der Waals surface area contributed by atoms with Crippen LogP contribution in [0.4, 0.5) is 0 Å². The SMILES string of the molecule is NCC#Cc1ccc(COc2cccc(Cl)c2)cc1. The van der Waals surface area contributed by atoms with E-state index in [0.717, 1.165) is 16.9 Å². The molecular weight excluding hydrogens is 258 g/mol. The Morgan fingerprint density at radius 3 is 2.58 bits per heavy atom. The van der Waals surface area contributed by atoms with Crippen LogP contribution in [0.15, 0.2) is 48.5 Å². The average Bonchev–Trinajstić information content (AvgIpc) is 2.44. The molecule has 0 heterocycles. The van der Waals surface area contributed by atoms with Gasteiger partial charge < -0.3 is 10.5 Å². The Balaban J connectivity index is 1.96. The largest absolute Gasteiger partial charge is 0.489 e. The molecule has 0 spiro atoms. The summed E-state index contributed by atoms with van der Waals surface area (Å²) in [5.41, 5.74) is 7.36. The van der Waals surface area contributed by atoms with Crippen LogP contribution in [0.1, 0.15) is 11.1 Å². The molecule has 0 unspecified atom stereocenters. The van der Waals surface area contributed by atoms with Gasteiger partial charge in [-0.1, -0.05) is 41.6 Å². The molecule has 0 radical (unpaired) electrons. The van der Waals surface area contributed by atoms with Crippen LogP contribution in [0.2, 0.25) is 5.02 Å². The smallest absolute Gasteiger partial charge is 0.121 e. The van der Waals surface area contributed by atoms with E-state index < -0.39 is 0 Å². The summed E-state index contributed by atoms with van der Waals surface area (Å²) in [5.74, 6) is 6.56. The fourth-order valence-corrected chi connectivity index (χ4v) is 1.74. The standard InChI is InChI=1S/C16H14ClNO/c17-15-4-1-5-16(11-15)19-12-14-8-6-13(7-9-14)3-2-10-18/h1,4-9,11H,10,12,18H2. The van der Waals surface area contributed by atoms with Gasteiger partial charge in [0.1, 0.15) is 12.4 Å². The van der Waals surface area contributed by atoms with E-state index in [0.29, 0.717) is 18.2 Å². The summed E-state index contributed by atoms with van der Waals surface area (Å²) in [6.07, 6.45) is 0. The van der Waals surface area contributed by atoms with Crippen molar-refractivity contribution in [1.82, 2.24) is 0 Å². The van der Waals surface area contributed by atoms with Crippen molar-refractivity contribution in [3.63, 3.8) is 0 Å². The number of halogens is 1. The Bertz CT molecular complexity index is 596. The predicted octanol–water partition coefficient (Wildman–Crippen LogP) is 3.23. The first-order valence-electron chi connectivity index (χ1n) is 5.94. The van der Waals surface area contributed by atoms with Gasteiger partial charge in [0, 0.05) is 10.6 Å². The summed E-state index contributed by atoms with van der Waals surface area (Å²) in [6, 6.07) is 15.3. The third kappa shape index (κ3) is 4.33. The quantitative estimate of drug-likeness (QED) is 0.870.